The summed E-state index contributed by atoms with van der Waals surface area (Å²) in [6.07, 6.45) is 0. The summed E-state index contributed by atoms with van der Waals surface area (Å²) in [6.45, 7) is 5.98. The predicted octanol–water partition coefficient (Wildman–Crippen LogP) is 3.52. The number of ether oxygens (including phenoxy) is 2. The van der Waals surface area contributed by atoms with Crippen LogP contribution in [0.4, 0.5) is 0 Å². The highest BCUT2D eigenvalue weighted by atomic mass is 16.5. The van der Waals surface area contributed by atoms with Crippen LogP contribution < -0.4 is 9.47 Å². The summed E-state index contributed by atoms with van der Waals surface area (Å²) in [6, 6.07) is 11.7. The van der Waals surface area contributed by atoms with Gasteiger partial charge in [-0.15, -0.1) is 0 Å². The molecule has 7 nitrogen and oxygen atoms in total. The molecule has 27 heavy (non-hydrogen) atoms. The molecule has 4 aromatic rings. The third-order valence-electron chi connectivity index (χ3n) is 4.44. The van der Waals surface area contributed by atoms with Crippen LogP contribution in [0.3, 0.4) is 0 Å². The zero-order valence-corrected chi connectivity index (χ0v) is 16.0. The first-order valence-corrected chi connectivity index (χ1v) is 8.63. The largest absolute Gasteiger partial charge is 0.493 e. The lowest BCUT2D eigenvalue weighted by Gasteiger charge is -2.08. The van der Waals surface area contributed by atoms with E-state index in [1.807, 2.05) is 66.4 Å². The van der Waals surface area contributed by atoms with Gasteiger partial charge in [0.25, 0.3) is 0 Å². The number of aryl methyl sites for hydroxylation is 3. The molecule has 4 rings (SSSR count). The second-order valence-corrected chi connectivity index (χ2v) is 6.46. The number of methoxy groups -OCH3 is 2. The lowest BCUT2D eigenvalue weighted by molar-refractivity contribution is 0.355. The van der Waals surface area contributed by atoms with Crippen molar-refractivity contribution in [3.8, 4) is 28.6 Å². The van der Waals surface area contributed by atoms with E-state index in [1.54, 1.807) is 14.2 Å². The summed E-state index contributed by atoms with van der Waals surface area (Å²) in [5, 5.41) is 9.37. The third-order valence-corrected chi connectivity index (χ3v) is 4.44. The fraction of sp³-hybridized carbons (Fsp3) is 0.250. The maximum Gasteiger partial charge on any atom is 0.161 e. The summed E-state index contributed by atoms with van der Waals surface area (Å²) >= 11 is 0. The van der Waals surface area contributed by atoms with E-state index >= 15 is 0 Å². The van der Waals surface area contributed by atoms with E-state index in [9.17, 15) is 0 Å². The molecule has 0 saturated carbocycles. The third kappa shape index (κ3) is 2.91. The van der Waals surface area contributed by atoms with Crippen molar-refractivity contribution in [1.29, 1.82) is 0 Å². The quantitative estimate of drug-likeness (QED) is 0.555. The molecule has 0 bridgehead atoms. The first-order chi connectivity index (χ1) is 13.0. The van der Waals surface area contributed by atoms with Gasteiger partial charge in [0.15, 0.2) is 23.0 Å². The fourth-order valence-electron chi connectivity index (χ4n) is 3.23. The molecule has 0 amide bonds. The molecule has 1 aromatic carbocycles. The Labute approximate surface area is 157 Å². The van der Waals surface area contributed by atoms with Crippen molar-refractivity contribution < 1.29 is 9.47 Å². The number of aromatic nitrogens is 5. The Morgan fingerprint density at radius 2 is 1.59 bits per heavy atom. The molecule has 0 aliphatic rings. The molecule has 0 unspecified atom stereocenters. The minimum atomic E-state index is 0.662. The van der Waals surface area contributed by atoms with Gasteiger partial charge >= 0.3 is 0 Å². The summed E-state index contributed by atoms with van der Waals surface area (Å²) < 4.78 is 14.4. The zero-order chi connectivity index (χ0) is 19.1. The van der Waals surface area contributed by atoms with Crippen LogP contribution in [0.2, 0.25) is 0 Å². The molecule has 7 heteroatoms. The van der Waals surface area contributed by atoms with E-state index in [4.69, 9.17) is 14.6 Å². The van der Waals surface area contributed by atoms with Gasteiger partial charge in [0.2, 0.25) is 0 Å². The second kappa shape index (κ2) is 6.42. The number of hydrogen-bond donors (Lipinski definition) is 0. The zero-order valence-electron chi connectivity index (χ0n) is 16.0. The van der Waals surface area contributed by atoms with Gasteiger partial charge in [-0.2, -0.15) is 14.7 Å². The molecule has 3 heterocycles. The van der Waals surface area contributed by atoms with Gasteiger partial charge in [-0.05, 0) is 45.0 Å². The van der Waals surface area contributed by atoms with Crippen LogP contribution in [0.15, 0.2) is 36.4 Å². The van der Waals surface area contributed by atoms with E-state index < -0.39 is 0 Å². The lowest BCUT2D eigenvalue weighted by Crippen LogP contribution is -2.08. The Balaban J connectivity index is 1.90. The highest BCUT2D eigenvalue weighted by Crippen LogP contribution is 2.32. The molecule has 0 aliphatic heterocycles. The number of fused-ring (bicyclic) bond motifs is 1. The van der Waals surface area contributed by atoms with E-state index in [0.717, 1.165) is 39.8 Å². The van der Waals surface area contributed by atoms with Crippen molar-refractivity contribution >= 4 is 5.65 Å². The van der Waals surface area contributed by atoms with Gasteiger partial charge in [-0.3, -0.25) is 0 Å². The fourth-order valence-corrected chi connectivity index (χ4v) is 3.23. The Kier molecular flexibility index (Phi) is 4.07. The Morgan fingerprint density at radius 1 is 0.815 bits per heavy atom. The Hall–Kier alpha value is -3.35. The topological polar surface area (TPSA) is 66.5 Å². The van der Waals surface area contributed by atoms with Crippen molar-refractivity contribution in [2.75, 3.05) is 14.2 Å². The van der Waals surface area contributed by atoms with Crippen LogP contribution >= 0.6 is 0 Å². The molecule has 0 radical (unpaired) electrons. The van der Waals surface area contributed by atoms with Crippen LogP contribution in [-0.2, 0) is 0 Å². The van der Waals surface area contributed by atoms with Gasteiger partial charge in [0.1, 0.15) is 0 Å². The minimum Gasteiger partial charge on any atom is -0.493 e. The smallest absolute Gasteiger partial charge is 0.161 e. The van der Waals surface area contributed by atoms with Gasteiger partial charge < -0.3 is 9.47 Å². The number of benzene rings is 1. The standard InChI is InChI=1S/C20H21N5O2/c1-12-9-20(24-14(3)8-13(2)22-24)25-19(21-12)11-16(23-25)15-6-7-17(26-4)18(10-15)27-5/h6-11H,1-5H3. The minimum absolute atomic E-state index is 0.662. The molecule has 0 aliphatic carbocycles. The maximum atomic E-state index is 5.41. The molecular formula is C20H21N5O2. The van der Waals surface area contributed by atoms with Crippen LogP contribution in [-0.4, -0.2) is 38.6 Å². The average molecular weight is 363 g/mol. The molecule has 0 saturated heterocycles. The van der Waals surface area contributed by atoms with Crippen molar-refractivity contribution in [2.24, 2.45) is 0 Å². The van der Waals surface area contributed by atoms with E-state index in [0.29, 0.717) is 11.5 Å². The van der Waals surface area contributed by atoms with Gasteiger partial charge in [0.05, 0.1) is 25.6 Å². The molecule has 0 fully saturated rings. The van der Waals surface area contributed by atoms with Gasteiger partial charge in [-0.25, -0.2) is 9.67 Å². The maximum absolute atomic E-state index is 5.41. The van der Waals surface area contributed by atoms with E-state index in [-0.39, 0.29) is 0 Å². The Bertz CT molecular complexity index is 1140. The van der Waals surface area contributed by atoms with Crippen molar-refractivity contribution in [2.45, 2.75) is 20.8 Å². The monoisotopic (exact) mass is 363 g/mol. The van der Waals surface area contributed by atoms with Gasteiger partial charge in [-0.1, -0.05) is 0 Å². The van der Waals surface area contributed by atoms with E-state index in [1.165, 1.54) is 0 Å². The summed E-state index contributed by atoms with van der Waals surface area (Å²) in [4.78, 5) is 4.62. The molecule has 0 atom stereocenters. The lowest BCUT2D eigenvalue weighted by atomic mass is 10.1. The van der Waals surface area contributed by atoms with E-state index in [2.05, 4.69) is 10.1 Å². The number of nitrogens with zero attached hydrogens (tertiary/aromatic N) is 5. The Morgan fingerprint density at radius 3 is 2.26 bits per heavy atom. The predicted molar refractivity (Wildman–Crippen MR) is 103 cm³/mol. The van der Waals surface area contributed by atoms with Crippen molar-refractivity contribution in [3.63, 3.8) is 0 Å². The summed E-state index contributed by atoms with van der Waals surface area (Å²) in [5.74, 6) is 2.20. The highest BCUT2D eigenvalue weighted by Gasteiger charge is 2.15. The first-order valence-electron chi connectivity index (χ1n) is 8.63. The summed E-state index contributed by atoms with van der Waals surface area (Å²) in [5.41, 5.74) is 5.41. The highest BCUT2D eigenvalue weighted by molar-refractivity contribution is 5.68. The van der Waals surface area contributed by atoms with Gasteiger partial charge in [0, 0.05) is 29.1 Å². The molecule has 0 spiro atoms. The molecule has 0 N–H and O–H groups in total. The molecule has 3 aromatic heterocycles. The van der Waals surface area contributed by atoms with Crippen molar-refractivity contribution in [1.82, 2.24) is 24.4 Å². The average Bonchev–Trinajstić information content (AvgIpc) is 3.22. The number of rotatable bonds is 4. The van der Waals surface area contributed by atoms with Crippen LogP contribution in [0.1, 0.15) is 17.1 Å². The first kappa shape index (κ1) is 17.1. The molecule has 138 valence electrons. The van der Waals surface area contributed by atoms with Crippen molar-refractivity contribution in [3.05, 3.63) is 53.5 Å². The van der Waals surface area contributed by atoms with Crippen LogP contribution in [0.25, 0.3) is 22.7 Å². The SMILES string of the molecule is COc1ccc(-c2cc3nc(C)cc(-n4nc(C)cc4C)n3n2)cc1OC. The molecular weight excluding hydrogens is 342 g/mol. The second-order valence-electron chi connectivity index (χ2n) is 6.46. The summed E-state index contributed by atoms with van der Waals surface area (Å²) in [7, 11) is 3.24. The normalized spacial score (nSPS) is 11.1. The van der Waals surface area contributed by atoms with Crippen LogP contribution in [0.5, 0.6) is 11.5 Å². The van der Waals surface area contributed by atoms with Crippen LogP contribution in [0, 0.1) is 20.8 Å². The number of hydrogen-bond acceptors (Lipinski definition) is 5.